The molecule has 2 N–H and O–H groups in total. The summed E-state index contributed by atoms with van der Waals surface area (Å²) in [6.45, 7) is 1.03. The number of aliphatic hydroxyl groups is 1. The lowest BCUT2D eigenvalue weighted by Crippen LogP contribution is -2.36. The van der Waals surface area contributed by atoms with Crippen molar-refractivity contribution in [3.63, 3.8) is 0 Å². The van der Waals surface area contributed by atoms with Crippen molar-refractivity contribution in [1.82, 2.24) is 4.98 Å². The Bertz CT molecular complexity index is 299. The third-order valence-corrected chi connectivity index (χ3v) is 2.09. The molecule has 0 saturated carbocycles. The lowest BCUT2D eigenvalue weighted by Gasteiger charge is -2.21. The molecule has 0 aliphatic rings. The Labute approximate surface area is 75.9 Å². The van der Waals surface area contributed by atoms with Crippen LogP contribution in [0.1, 0.15) is 12.5 Å². The highest BCUT2D eigenvalue weighted by Gasteiger charge is 2.34. The fourth-order valence-corrected chi connectivity index (χ4v) is 0.972. The van der Waals surface area contributed by atoms with Crippen LogP contribution in [0.2, 0.25) is 0 Å². The maximum atomic E-state index is 10.9. The second-order valence-electron chi connectivity index (χ2n) is 3.04. The van der Waals surface area contributed by atoms with Crippen LogP contribution in [0.4, 0.5) is 0 Å². The van der Waals surface area contributed by atoms with E-state index in [0.29, 0.717) is 5.56 Å². The highest BCUT2D eigenvalue weighted by atomic mass is 16.4. The molecule has 0 saturated heterocycles. The van der Waals surface area contributed by atoms with Crippen molar-refractivity contribution in [3.8, 4) is 0 Å². The first-order chi connectivity index (χ1) is 6.11. The van der Waals surface area contributed by atoms with E-state index in [1.165, 1.54) is 13.1 Å². The summed E-state index contributed by atoms with van der Waals surface area (Å²) in [6.07, 6.45) is 3.01. The summed E-state index contributed by atoms with van der Waals surface area (Å²) < 4.78 is 0. The maximum Gasteiger partial charge on any atom is 0.316 e. The topological polar surface area (TPSA) is 70.4 Å². The Kier molecular flexibility index (Phi) is 2.63. The molecule has 1 unspecified atom stereocenters. The number of pyridine rings is 1. The number of hydrogen-bond acceptors (Lipinski definition) is 3. The molecule has 13 heavy (non-hydrogen) atoms. The van der Waals surface area contributed by atoms with Crippen molar-refractivity contribution in [2.75, 3.05) is 6.61 Å². The van der Waals surface area contributed by atoms with E-state index in [4.69, 9.17) is 10.2 Å². The number of nitrogens with zero attached hydrogens (tertiary/aromatic N) is 1. The second-order valence-corrected chi connectivity index (χ2v) is 3.04. The van der Waals surface area contributed by atoms with E-state index in [9.17, 15) is 4.79 Å². The molecule has 1 heterocycles. The fraction of sp³-hybridized carbons (Fsp3) is 0.333. The molecule has 0 fully saturated rings. The molecule has 70 valence electrons. The van der Waals surface area contributed by atoms with Gasteiger partial charge in [-0.25, -0.2) is 0 Å². The van der Waals surface area contributed by atoms with Crippen molar-refractivity contribution in [3.05, 3.63) is 30.1 Å². The molecular weight excluding hydrogens is 170 g/mol. The number of aliphatic carboxylic acids is 1. The van der Waals surface area contributed by atoms with Gasteiger partial charge in [0.15, 0.2) is 0 Å². The van der Waals surface area contributed by atoms with Crippen molar-refractivity contribution in [2.45, 2.75) is 12.3 Å². The molecule has 1 aromatic heterocycles. The minimum atomic E-state index is -1.26. The molecule has 0 aliphatic heterocycles. The zero-order chi connectivity index (χ0) is 9.90. The van der Waals surface area contributed by atoms with Gasteiger partial charge < -0.3 is 10.2 Å². The second kappa shape index (κ2) is 3.53. The summed E-state index contributed by atoms with van der Waals surface area (Å²) >= 11 is 0. The van der Waals surface area contributed by atoms with Gasteiger partial charge in [0.2, 0.25) is 0 Å². The Morgan fingerprint density at radius 2 is 2.38 bits per heavy atom. The van der Waals surface area contributed by atoms with E-state index in [1.54, 1.807) is 18.3 Å². The first kappa shape index (κ1) is 9.67. The smallest absolute Gasteiger partial charge is 0.316 e. The van der Waals surface area contributed by atoms with E-state index in [-0.39, 0.29) is 0 Å². The summed E-state index contributed by atoms with van der Waals surface area (Å²) in [4.78, 5) is 14.7. The SMILES string of the molecule is CC(CO)(C(=O)O)c1cccnc1. The van der Waals surface area contributed by atoms with Crippen molar-refractivity contribution in [2.24, 2.45) is 0 Å². The first-order valence-corrected chi connectivity index (χ1v) is 3.86. The van der Waals surface area contributed by atoms with E-state index < -0.39 is 18.0 Å². The van der Waals surface area contributed by atoms with Crippen LogP contribution in [0.25, 0.3) is 0 Å². The average Bonchev–Trinajstić information content (AvgIpc) is 2.17. The van der Waals surface area contributed by atoms with Gasteiger partial charge in [0, 0.05) is 12.4 Å². The van der Waals surface area contributed by atoms with Crippen LogP contribution in [0.5, 0.6) is 0 Å². The molecule has 0 amide bonds. The fourth-order valence-electron chi connectivity index (χ4n) is 0.972. The Morgan fingerprint density at radius 3 is 2.77 bits per heavy atom. The van der Waals surface area contributed by atoms with Crippen LogP contribution in [0, 0.1) is 0 Å². The number of carboxylic acids is 1. The monoisotopic (exact) mass is 181 g/mol. The van der Waals surface area contributed by atoms with Gasteiger partial charge in [0.25, 0.3) is 0 Å². The summed E-state index contributed by atoms with van der Waals surface area (Å²) in [6, 6.07) is 3.28. The van der Waals surface area contributed by atoms with Crippen molar-refractivity contribution < 1.29 is 15.0 Å². The number of carboxylic acid groups (broad SMARTS) is 1. The predicted molar refractivity (Wildman–Crippen MR) is 46.3 cm³/mol. The van der Waals surface area contributed by atoms with E-state index in [2.05, 4.69) is 4.98 Å². The normalized spacial score (nSPS) is 14.9. The van der Waals surface area contributed by atoms with Gasteiger partial charge in [-0.05, 0) is 18.6 Å². The van der Waals surface area contributed by atoms with E-state index in [1.807, 2.05) is 0 Å². The highest BCUT2D eigenvalue weighted by Crippen LogP contribution is 2.22. The quantitative estimate of drug-likeness (QED) is 0.708. The van der Waals surface area contributed by atoms with Gasteiger partial charge >= 0.3 is 5.97 Å². The molecule has 4 nitrogen and oxygen atoms in total. The molecule has 1 aromatic rings. The molecule has 0 bridgehead atoms. The van der Waals surface area contributed by atoms with Gasteiger partial charge in [-0.3, -0.25) is 9.78 Å². The molecule has 1 rings (SSSR count). The number of hydrogen-bond donors (Lipinski definition) is 2. The number of aliphatic hydroxyl groups excluding tert-OH is 1. The van der Waals surface area contributed by atoms with Crippen LogP contribution in [-0.4, -0.2) is 27.8 Å². The summed E-state index contributed by atoms with van der Waals surface area (Å²) in [5, 5.41) is 17.9. The van der Waals surface area contributed by atoms with E-state index in [0.717, 1.165) is 0 Å². The number of rotatable bonds is 3. The average molecular weight is 181 g/mol. The lowest BCUT2D eigenvalue weighted by molar-refractivity contribution is -0.144. The van der Waals surface area contributed by atoms with Gasteiger partial charge in [-0.2, -0.15) is 0 Å². The first-order valence-electron chi connectivity index (χ1n) is 3.86. The molecule has 0 aromatic carbocycles. The molecule has 4 heteroatoms. The molecule has 0 radical (unpaired) electrons. The van der Waals surface area contributed by atoms with Gasteiger partial charge in [0.05, 0.1) is 6.61 Å². The zero-order valence-electron chi connectivity index (χ0n) is 7.27. The minimum absolute atomic E-state index is 0.436. The van der Waals surface area contributed by atoms with Crippen molar-refractivity contribution >= 4 is 5.97 Å². The molecule has 1 atom stereocenters. The predicted octanol–water partition coefficient (Wildman–Crippen LogP) is 0.416. The molecule has 0 aliphatic carbocycles. The van der Waals surface area contributed by atoms with Gasteiger partial charge in [-0.15, -0.1) is 0 Å². The largest absolute Gasteiger partial charge is 0.481 e. The molecule has 0 spiro atoms. The van der Waals surface area contributed by atoms with Crippen LogP contribution >= 0.6 is 0 Å². The summed E-state index contributed by atoms with van der Waals surface area (Å²) in [7, 11) is 0. The van der Waals surface area contributed by atoms with Crippen LogP contribution in [0.3, 0.4) is 0 Å². The van der Waals surface area contributed by atoms with Crippen molar-refractivity contribution in [1.29, 1.82) is 0 Å². The minimum Gasteiger partial charge on any atom is -0.481 e. The number of carbonyl (C=O) groups is 1. The Morgan fingerprint density at radius 1 is 1.69 bits per heavy atom. The third-order valence-electron chi connectivity index (χ3n) is 2.09. The van der Waals surface area contributed by atoms with E-state index >= 15 is 0 Å². The van der Waals surface area contributed by atoms with Gasteiger partial charge in [-0.1, -0.05) is 6.07 Å². The standard InChI is InChI=1S/C9H11NO3/c1-9(6-11,8(12)13)7-3-2-4-10-5-7/h2-5,11H,6H2,1H3,(H,12,13). The van der Waals surface area contributed by atoms with Crippen LogP contribution in [-0.2, 0) is 10.2 Å². The van der Waals surface area contributed by atoms with Gasteiger partial charge in [0.1, 0.15) is 5.41 Å². The highest BCUT2D eigenvalue weighted by molar-refractivity contribution is 5.80. The zero-order valence-corrected chi connectivity index (χ0v) is 7.27. The molecular formula is C9H11NO3. The maximum absolute atomic E-state index is 10.9. The summed E-state index contributed by atoms with van der Waals surface area (Å²) in [5.41, 5.74) is -0.751. The summed E-state index contributed by atoms with van der Waals surface area (Å²) in [5.74, 6) is -1.05. The lowest BCUT2D eigenvalue weighted by atomic mass is 9.84. The third kappa shape index (κ3) is 1.67. The Hall–Kier alpha value is -1.42. The Balaban J connectivity index is 3.11. The van der Waals surface area contributed by atoms with Crippen LogP contribution in [0.15, 0.2) is 24.5 Å². The van der Waals surface area contributed by atoms with Crippen LogP contribution < -0.4 is 0 Å². The number of aromatic nitrogens is 1.